The third-order valence-electron chi connectivity index (χ3n) is 6.03. The first-order valence-corrected chi connectivity index (χ1v) is 11.2. The van der Waals surface area contributed by atoms with Gasteiger partial charge in [0.25, 0.3) is 0 Å². The fourth-order valence-corrected chi connectivity index (χ4v) is 4.26. The number of aromatic nitrogens is 2. The van der Waals surface area contributed by atoms with Gasteiger partial charge in [-0.3, -0.25) is 9.59 Å². The highest BCUT2D eigenvalue weighted by Gasteiger charge is 2.24. The highest BCUT2D eigenvalue weighted by atomic mass is 16.2. The molecule has 2 amide bonds. The van der Waals surface area contributed by atoms with Crippen molar-refractivity contribution in [3.63, 3.8) is 0 Å². The van der Waals surface area contributed by atoms with Crippen LogP contribution in [0.4, 0.5) is 0 Å². The molecule has 1 saturated heterocycles. The van der Waals surface area contributed by atoms with Crippen molar-refractivity contribution in [1.82, 2.24) is 19.4 Å². The van der Waals surface area contributed by atoms with Gasteiger partial charge in [-0.05, 0) is 30.5 Å². The number of rotatable bonds is 7. The topological polar surface area (TPSA) is 58.4 Å². The molecule has 0 aliphatic carbocycles. The van der Waals surface area contributed by atoms with Crippen LogP contribution >= 0.6 is 0 Å². The molecule has 162 valence electrons. The van der Waals surface area contributed by atoms with Crippen molar-refractivity contribution < 1.29 is 9.59 Å². The lowest BCUT2D eigenvalue weighted by atomic mass is 10.1. The molecule has 2 heterocycles. The van der Waals surface area contributed by atoms with Crippen LogP contribution < -0.4 is 0 Å². The van der Waals surface area contributed by atoms with E-state index in [1.54, 1.807) is 0 Å². The highest BCUT2D eigenvalue weighted by molar-refractivity contribution is 5.82. The van der Waals surface area contributed by atoms with Gasteiger partial charge in [0.15, 0.2) is 0 Å². The fourth-order valence-electron chi connectivity index (χ4n) is 4.26. The van der Waals surface area contributed by atoms with Crippen molar-refractivity contribution in [1.29, 1.82) is 0 Å². The number of benzene rings is 2. The van der Waals surface area contributed by atoms with Crippen LogP contribution in [0.15, 0.2) is 54.6 Å². The fraction of sp³-hybridized carbons (Fsp3) is 0.400. The Labute approximate surface area is 183 Å². The Kier molecular flexibility index (Phi) is 6.65. The van der Waals surface area contributed by atoms with Crippen LogP contribution in [0.2, 0.25) is 0 Å². The number of amides is 2. The van der Waals surface area contributed by atoms with Crippen LogP contribution in [0.3, 0.4) is 0 Å². The van der Waals surface area contributed by atoms with Crippen molar-refractivity contribution in [2.24, 2.45) is 0 Å². The molecule has 0 bridgehead atoms. The normalized spacial score (nSPS) is 14.2. The number of hydrogen-bond acceptors (Lipinski definition) is 3. The van der Waals surface area contributed by atoms with E-state index in [0.717, 1.165) is 36.1 Å². The molecule has 4 rings (SSSR count). The van der Waals surface area contributed by atoms with Gasteiger partial charge in [0, 0.05) is 39.0 Å². The van der Waals surface area contributed by atoms with E-state index in [-0.39, 0.29) is 11.8 Å². The Hall–Kier alpha value is -3.15. The van der Waals surface area contributed by atoms with E-state index in [2.05, 4.69) is 24.0 Å². The van der Waals surface area contributed by atoms with Crippen LogP contribution in [0.5, 0.6) is 0 Å². The van der Waals surface area contributed by atoms with Gasteiger partial charge in [-0.15, -0.1) is 0 Å². The Morgan fingerprint density at radius 1 is 0.871 bits per heavy atom. The first-order chi connectivity index (χ1) is 15.2. The lowest BCUT2D eigenvalue weighted by Gasteiger charge is -2.35. The molecule has 0 N–H and O–H groups in total. The number of aryl methyl sites for hydroxylation is 2. The molecule has 1 aromatic heterocycles. The SMILES string of the molecule is CCc1nc2ccccc2n1CC(=O)N1CCN(C(=O)CCCc2ccccc2)CC1. The predicted octanol–water partition coefficient (Wildman–Crippen LogP) is 3.29. The second-order valence-electron chi connectivity index (χ2n) is 8.06. The van der Waals surface area contributed by atoms with Crippen molar-refractivity contribution in [3.05, 3.63) is 66.0 Å². The van der Waals surface area contributed by atoms with E-state index in [1.165, 1.54) is 5.56 Å². The lowest BCUT2D eigenvalue weighted by Crippen LogP contribution is -2.51. The number of hydrogen-bond donors (Lipinski definition) is 0. The minimum atomic E-state index is 0.0917. The first kappa shape index (κ1) is 21.1. The molecule has 31 heavy (non-hydrogen) atoms. The van der Waals surface area contributed by atoms with Crippen molar-refractivity contribution >= 4 is 22.8 Å². The summed E-state index contributed by atoms with van der Waals surface area (Å²) in [5.74, 6) is 1.22. The third-order valence-corrected chi connectivity index (χ3v) is 6.03. The molecule has 6 nitrogen and oxygen atoms in total. The zero-order valence-electron chi connectivity index (χ0n) is 18.2. The molecule has 1 aliphatic heterocycles. The van der Waals surface area contributed by atoms with E-state index in [4.69, 9.17) is 0 Å². The largest absolute Gasteiger partial charge is 0.339 e. The van der Waals surface area contributed by atoms with Crippen molar-refractivity contribution in [2.45, 2.75) is 39.2 Å². The second kappa shape index (κ2) is 9.77. The predicted molar refractivity (Wildman–Crippen MR) is 122 cm³/mol. The summed E-state index contributed by atoms with van der Waals surface area (Å²) in [5.41, 5.74) is 3.20. The molecular formula is C25H30N4O2. The van der Waals surface area contributed by atoms with Gasteiger partial charge < -0.3 is 14.4 Å². The molecule has 0 atom stereocenters. The summed E-state index contributed by atoms with van der Waals surface area (Å²) in [6.07, 6.45) is 3.12. The Morgan fingerprint density at radius 2 is 1.52 bits per heavy atom. The summed E-state index contributed by atoms with van der Waals surface area (Å²) >= 11 is 0. The standard InChI is InChI=1S/C25H30N4O2/c1-2-23-26-21-12-6-7-13-22(21)29(23)19-25(31)28-17-15-27(16-18-28)24(30)14-8-11-20-9-4-3-5-10-20/h3-7,9-10,12-13H,2,8,11,14-19H2,1H3. The van der Waals surface area contributed by atoms with Crippen LogP contribution in [0.1, 0.15) is 31.2 Å². The highest BCUT2D eigenvalue weighted by Crippen LogP contribution is 2.17. The molecule has 3 aromatic rings. The zero-order valence-corrected chi connectivity index (χ0v) is 18.2. The number of carbonyl (C=O) groups excluding carboxylic acids is 2. The molecule has 1 aliphatic rings. The Bertz CT molecular complexity index is 1040. The van der Waals surface area contributed by atoms with E-state index < -0.39 is 0 Å². The number of fused-ring (bicyclic) bond motifs is 1. The summed E-state index contributed by atoms with van der Waals surface area (Å²) < 4.78 is 2.03. The number of carbonyl (C=O) groups is 2. The van der Waals surface area contributed by atoms with Gasteiger partial charge in [0.1, 0.15) is 12.4 Å². The van der Waals surface area contributed by atoms with Crippen LogP contribution in [0, 0.1) is 0 Å². The number of para-hydroxylation sites is 2. The van der Waals surface area contributed by atoms with Crippen molar-refractivity contribution in [3.8, 4) is 0 Å². The summed E-state index contributed by atoms with van der Waals surface area (Å²) in [6.45, 7) is 4.77. The minimum Gasteiger partial charge on any atom is -0.339 e. The number of piperazine rings is 1. The van der Waals surface area contributed by atoms with E-state index in [1.807, 2.05) is 56.8 Å². The maximum absolute atomic E-state index is 13.0. The second-order valence-corrected chi connectivity index (χ2v) is 8.06. The van der Waals surface area contributed by atoms with E-state index in [0.29, 0.717) is 39.1 Å². The molecule has 0 spiro atoms. The minimum absolute atomic E-state index is 0.0917. The maximum Gasteiger partial charge on any atom is 0.242 e. The van der Waals surface area contributed by atoms with Crippen LogP contribution in [-0.4, -0.2) is 57.3 Å². The first-order valence-electron chi connectivity index (χ1n) is 11.2. The molecule has 6 heteroatoms. The molecule has 0 saturated carbocycles. The monoisotopic (exact) mass is 418 g/mol. The van der Waals surface area contributed by atoms with Gasteiger partial charge in [-0.2, -0.15) is 0 Å². The summed E-state index contributed by atoms with van der Waals surface area (Å²) in [5, 5.41) is 0. The zero-order chi connectivity index (χ0) is 21.6. The van der Waals surface area contributed by atoms with E-state index >= 15 is 0 Å². The number of nitrogens with zero attached hydrogens (tertiary/aromatic N) is 4. The van der Waals surface area contributed by atoms with Gasteiger partial charge in [0.2, 0.25) is 11.8 Å². The Morgan fingerprint density at radius 3 is 2.23 bits per heavy atom. The Balaban J connectivity index is 1.28. The van der Waals surface area contributed by atoms with Gasteiger partial charge >= 0.3 is 0 Å². The van der Waals surface area contributed by atoms with Gasteiger partial charge in [0.05, 0.1) is 11.0 Å². The van der Waals surface area contributed by atoms with Crippen LogP contribution in [-0.2, 0) is 29.0 Å². The molecule has 0 unspecified atom stereocenters. The number of imidazole rings is 1. The summed E-state index contributed by atoms with van der Waals surface area (Å²) in [4.78, 5) is 34.0. The summed E-state index contributed by atoms with van der Waals surface area (Å²) in [7, 11) is 0. The van der Waals surface area contributed by atoms with Crippen LogP contribution in [0.25, 0.3) is 11.0 Å². The third kappa shape index (κ3) is 4.95. The quantitative estimate of drug-likeness (QED) is 0.592. The molecule has 1 fully saturated rings. The van der Waals surface area contributed by atoms with Gasteiger partial charge in [-0.1, -0.05) is 49.4 Å². The maximum atomic E-state index is 13.0. The summed E-state index contributed by atoms with van der Waals surface area (Å²) in [6, 6.07) is 18.2. The molecule has 0 radical (unpaired) electrons. The van der Waals surface area contributed by atoms with Crippen molar-refractivity contribution in [2.75, 3.05) is 26.2 Å². The molecular weight excluding hydrogens is 388 g/mol. The average molecular weight is 419 g/mol. The smallest absolute Gasteiger partial charge is 0.242 e. The van der Waals surface area contributed by atoms with Gasteiger partial charge in [-0.25, -0.2) is 4.98 Å². The lowest BCUT2D eigenvalue weighted by molar-refractivity contribution is -0.139. The average Bonchev–Trinajstić information content (AvgIpc) is 3.17. The molecule has 2 aromatic carbocycles. The van der Waals surface area contributed by atoms with E-state index in [9.17, 15) is 9.59 Å².